The minimum absolute atomic E-state index is 0.108. The van der Waals surface area contributed by atoms with Crippen LogP contribution in [0.2, 0.25) is 0 Å². The Kier molecular flexibility index (Phi) is 8.01. The predicted octanol–water partition coefficient (Wildman–Crippen LogP) is 1.45. The number of piperidine rings is 1. The van der Waals surface area contributed by atoms with E-state index in [4.69, 9.17) is 4.74 Å². The minimum Gasteiger partial charge on any atom is -0.381 e. The van der Waals surface area contributed by atoms with E-state index in [1.54, 1.807) is 0 Å². The van der Waals surface area contributed by atoms with Crippen molar-refractivity contribution in [1.29, 1.82) is 0 Å². The Morgan fingerprint density at radius 2 is 2.29 bits per heavy atom. The predicted molar refractivity (Wildman–Crippen MR) is 69.0 cm³/mol. The first-order chi connectivity index (χ1) is 8.33. The first-order valence-electron chi connectivity index (χ1n) is 6.90. The first-order valence-corrected chi connectivity index (χ1v) is 6.90. The van der Waals surface area contributed by atoms with Gasteiger partial charge in [0.1, 0.15) is 0 Å². The molecule has 0 saturated carbocycles. The minimum atomic E-state index is 0.108. The maximum Gasteiger partial charge on any atom is 0.222 e. The molecule has 1 saturated heterocycles. The molecule has 2 N–H and O–H groups in total. The fourth-order valence-electron chi connectivity index (χ4n) is 2.06. The molecule has 1 rings (SSSR count). The van der Waals surface area contributed by atoms with Crippen molar-refractivity contribution in [2.75, 3.05) is 26.3 Å². The van der Waals surface area contributed by atoms with Crippen molar-refractivity contribution >= 4 is 5.91 Å². The van der Waals surface area contributed by atoms with E-state index in [-0.39, 0.29) is 5.91 Å². The first kappa shape index (κ1) is 14.5. The van der Waals surface area contributed by atoms with Crippen LogP contribution in [0.5, 0.6) is 0 Å². The molecule has 1 unspecified atom stereocenters. The monoisotopic (exact) mass is 242 g/mol. The molecule has 1 aliphatic heterocycles. The molecule has 17 heavy (non-hydrogen) atoms. The summed E-state index contributed by atoms with van der Waals surface area (Å²) < 4.78 is 5.28. The van der Waals surface area contributed by atoms with Gasteiger partial charge in [-0.05, 0) is 32.2 Å². The number of ether oxygens (including phenoxy) is 1. The second kappa shape index (κ2) is 9.42. The van der Waals surface area contributed by atoms with E-state index >= 15 is 0 Å². The molecule has 1 heterocycles. The Labute approximate surface area is 104 Å². The highest BCUT2D eigenvalue weighted by Crippen LogP contribution is 2.09. The zero-order valence-electron chi connectivity index (χ0n) is 11.0. The molecule has 0 aromatic carbocycles. The van der Waals surface area contributed by atoms with E-state index in [0.717, 1.165) is 32.5 Å². The molecule has 1 atom stereocenters. The van der Waals surface area contributed by atoms with Gasteiger partial charge in [0.05, 0.1) is 6.61 Å². The summed E-state index contributed by atoms with van der Waals surface area (Å²) in [5, 5.41) is 6.42. The Bertz CT molecular complexity index is 204. The van der Waals surface area contributed by atoms with E-state index < -0.39 is 0 Å². The Hall–Kier alpha value is -0.610. The fraction of sp³-hybridized carbons (Fsp3) is 0.923. The average Bonchev–Trinajstić information content (AvgIpc) is 2.36. The lowest BCUT2D eigenvalue weighted by Gasteiger charge is -2.23. The van der Waals surface area contributed by atoms with Crippen LogP contribution in [0.1, 0.15) is 45.4 Å². The summed E-state index contributed by atoms with van der Waals surface area (Å²) in [6.45, 7) is 5.27. The van der Waals surface area contributed by atoms with Gasteiger partial charge in [0.2, 0.25) is 5.91 Å². The molecule has 1 aliphatic rings. The van der Waals surface area contributed by atoms with Gasteiger partial charge in [-0.25, -0.2) is 0 Å². The van der Waals surface area contributed by atoms with Crippen molar-refractivity contribution < 1.29 is 9.53 Å². The normalized spacial score (nSPS) is 20.2. The second-order valence-electron chi connectivity index (χ2n) is 4.65. The molecule has 0 aliphatic carbocycles. The van der Waals surface area contributed by atoms with Crippen molar-refractivity contribution in [3.8, 4) is 0 Å². The van der Waals surface area contributed by atoms with Crippen LogP contribution in [0.3, 0.4) is 0 Å². The smallest absolute Gasteiger partial charge is 0.222 e. The maximum atomic E-state index is 11.4. The summed E-state index contributed by atoms with van der Waals surface area (Å²) in [5.41, 5.74) is 0. The number of carbonyl (C=O) groups excluding carboxylic acids is 1. The van der Waals surface area contributed by atoms with Crippen LogP contribution in [-0.2, 0) is 9.53 Å². The number of hydrogen-bond donors (Lipinski definition) is 2. The molecule has 0 radical (unpaired) electrons. The van der Waals surface area contributed by atoms with E-state index in [1.807, 2.05) is 0 Å². The summed E-state index contributed by atoms with van der Waals surface area (Å²) in [4.78, 5) is 11.4. The van der Waals surface area contributed by atoms with Gasteiger partial charge in [-0.1, -0.05) is 13.3 Å². The highest BCUT2D eigenvalue weighted by atomic mass is 16.5. The topological polar surface area (TPSA) is 50.4 Å². The largest absolute Gasteiger partial charge is 0.381 e. The van der Waals surface area contributed by atoms with Crippen LogP contribution in [-0.4, -0.2) is 38.3 Å². The van der Waals surface area contributed by atoms with Crippen LogP contribution >= 0.6 is 0 Å². The van der Waals surface area contributed by atoms with Crippen molar-refractivity contribution in [1.82, 2.24) is 10.6 Å². The SMILES string of the molecule is CCCOCCC(=O)NCCC1CCCCN1. The Morgan fingerprint density at radius 3 is 3.00 bits per heavy atom. The summed E-state index contributed by atoms with van der Waals surface area (Å²) in [5.74, 6) is 0.108. The van der Waals surface area contributed by atoms with Gasteiger partial charge < -0.3 is 15.4 Å². The van der Waals surface area contributed by atoms with Gasteiger partial charge in [-0.3, -0.25) is 4.79 Å². The van der Waals surface area contributed by atoms with Gasteiger partial charge in [0.25, 0.3) is 0 Å². The number of nitrogens with one attached hydrogen (secondary N) is 2. The van der Waals surface area contributed by atoms with E-state index in [0.29, 0.717) is 19.1 Å². The van der Waals surface area contributed by atoms with E-state index in [9.17, 15) is 4.79 Å². The number of hydrogen-bond acceptors (Lipinski definition) is 3. The molecule has 0 spiro atoms. The molecule has 4 nitrogen and oxygen atoms in total. The van der Waals surface area contributed by atoms with Crippen LogP contribution in [0.15, 0.2) is 0 Å². The molecular weight excluding hydrogens is 216 g/mol. The molecule has 0 aromatic rings. The van der Waals surface area contributed by atoms with Crippen LogP contribution in [0, 0.1) is 0 Å². The van der Waals surface area contributed by atoms with Crippen LogP contribution in [0.4, 0.5) is 0 Å². The van der Waals surface area contributed by atoms with Crippen molar-refractivity contribution in [3.05, 3.63) is 0 Å². The summed E-state index contributed by atoms with van der Waals surface area (Å²) in [6.07, 6.45) is 6.39. The maximum absolute atomic E-state index is 11.4. The number of carbonyl (C=O) groups is 1. The molecule has 4 heteroatoms. The van der Waals surface area contributed by atoms with Crippen LogP contribution < -0.4 is 10.6 Å². The molecule has 1 amide bonds. The number of amides is 1. The molecule has 0 bridgehead atoms. The summed E-state index contributed by atoms with van der Waals surface area (Å²) in [6, 6.07) is 0.598. The molecule has 1 fully saturated rings. The fourth-order valence-corrected chi connectivity index (χ4v) is 2.06. The van der Waals surface area contributed by atoms with Gasteiger partial charge >= 0.3 is 0 Å². The molecular formula is C13H26N2O2. The standard InChI is InChI=1S/C13H26N2O2/c1-2-10-17-11-7-13(16)15-9-6-12-5-3-4-8-14-12/h12,14H,2-11H2,1H3,(H,15,16). The van der Waals surface area contributed by atoms with Gasteiger partial charge in [-0.2, -0.15) is 0 Å². The quantitative estimate of drug-likeness (QED) is 0.633. The summed E-state index contributed by atoms with van der Waals surface area (Å²) >= 11 is 0. The lowest BCUT2D eigenvalue weighted by molar-refractivity contribution is -0.122. The molecule has 100 valence electrons. The van der Waals surface area contributed by atoms with Gasteiger partial charge in [0.15, 0.2) is 0 Å². The van der Waals surface area contributed by atoms with Gasteiger partial charge in [0, 0.05) is 25.6 Å². The Balaban J connectivity index is 1.92. The van der Waals surface area contributed by atoms with Crippen molar-refractivity contribution in [3.63, 3.8) is 0 Å². The average molecular weight is 242 g/mol. The third-order valence-electron chi connectivity index (χ3n) is 3.05. The van der Waals surface area contributed by atoms with Gasteiger partial charge in [-0.15, -0.1) is 0 Å². The Morgan fingerprint density at radius 1 is 1.41 bits per heavy atom. The highest BCUT2D eigenvalue weighted by molar-refractivity contribution is 5.75. The number of rotatable bonds is 8. The van der Waals surface area contributed by atoms with Crippen LogP contribution in [0.25, 0.3) is 0 Å². The lowest BCUT2D eigenvalue weighted by Crippen LogP contribution is -2.37. The van der Waals surface area contributed by atoms with Crippen molar-refractivity contribution in [2.45, 2.75) is 51.5 Å². The van der Waals surface area contributed by atoms with Crippen molar-refractivity contribution in [2.24, 2.45) is 0 Å². The molecule has 0 aromatic heterocycles. The zero-order valence-corrected chi connectivity index (χ0v) is 11.0. The third kappa shape index (κ3) is 7.34. The van der Waals surface area contributed by atoms with E-state index in [1.165, 1.54) is 19.3 Å². The lowest BCUT2D eigenvalue weighted by atomic mass is 10.0. The van der Waals surface area contributed by atoms with E-state index in [2.05, 4.69) is 17.6 Å². The second-order valence-corrected chi connectivity index (χ2v) is 4.65. The zero-order chi connectivity index (χ0) is 12.3. The summed E-state index contributed by atoms with van der Waals surface area (Å²) in [7, 11) is 0. The third-order valence-corrected chi connectivity index (χ3v) is 3.05. The highest BCUT2D eigenvalue weighted by Gasteiger charge is 2.12.